The minimum absolute atomic E-state index is 0.0951. The molecule has 0 bridgehead atoms. The second-order valence-corrected chi connectivity index (χ2v) is 6.35. The van der Waals surface area contributed by atoms with E-state index < -0.39 is 17.0 Å². The highest BCUT2D eigenvalue weighted by molar-refractivity contribution is 5.30. The molecule has 0 radical (unpaired) electrons. The Kier molecular flexibility index (Phi) is 4.39. The van der Waals surface area contributed by atoms with Gasteiger partial charge in [-0.25, -0.2) is 13.5 Å². The summed E-state index contributed by atoms with van der Waals surface area (Å²) in [4.78, 5) is 0. The van der Waals surface area contributed by atoms with Crippen LogP contribution in [0, 0.1) is 11.6 Å². The summed E-state index contributed by atoms with van der Waals surface area (Å²) in [5, 5.41) is 14.8. The number of aromatic nitrogens is 4. The number of nitrogens with one attached hydrogen (secondary N) is 1. The first kappa shape index (κ1) is 16.0. The zero-order chi connectivity index (χ0) is 16.4. The maximum absolute atomic E-state index is 14.3. The lowest BCUT2D eigenvalue weighted by Gasteiger charge is -2.32. The molecule has 1 aromatic heterocycles. The van der Waals surface area contributed by atoms with E-state index in [1.54, 1.807) is 11.7 Å². The van der Waals surface area contributed by atoms with Crippen molar-refractivity contribution in [2.24, 2.45) is 7.05 Å². The van der Waals surface area contributed by atoms with E-state index in [4.69, 9.17) is 0 Å². The predicted molar refractivity (Wildman–Crippen MR) is 81.7 cm³/mol. The van der Waals surface area contributed by atoms with E-state index in [0.29, 0.717) is 12.4 Å². The molecule has 2 aromatic rings. The smallest absolute Gasteiger partial charge is 0.167 e. The molecule has 23 heavy (non-hydrogen) atoms. The maximum Gasteiger partial charge on any atom is 0.167 e. The third kappa shape index (κ3) is 2.97. The zero-order valence-electron chi connectivity index (χ0n) is 13.4. The van der Waals surface area contributed by atoms with Crippen molar-refractivity contribution in [3.8, 4) is 0 Å². The van der Waals surface area contributed by atoms with Crippen molar-refractivity contribution >= 4 is 0 Å². The van der Waals surface area contributed by atoms with Crippen LogP contribution in [-0.2, 0) is 12.5 Å². The van der Waals surface area contributed by atoms with Gasteiger partial charge in [-0.2, -0.15) is 0 Å². The monoisotopic (exact) mass is 321 g/mol. The van der Waals surface area contributed by atoms with Gasteiger partial charge in [0.2, 0.25) is 0 Å². The Bertz CT molecular complexity index is 659. The lowest BCUT2D eigenvalue weighted by atomic mass is 9.78. The van der Waals surface area contributed by atoms with Crippen molar-refractivity contribution < 1.29 is 8.78 Å². The Balaban J connectivity index is 1.84. The zero-order valence-corrected chi connectivity index (χ0v) is 13.4. The van der Waals surface area contributed by atoms with E-state index in [1.165, 1.54) is 18.2 Å². The van der Waals surface area contributed by atoms with Gasteiger partial charge in [-0.15, -0.1) is 5.10 Å². The Morgan fingerprint density at radius 3 is 2.48 bits per heavy atom. The molecule has 0 amide bonds. The second kappa shape index (κ2) is 6.31. The van der Waals surface area contributed by atoms with Crippen molar-refractivity contribution in [2.45, 2.75) is 44.1 Å². The van der Waals surface area contributed by atoms with Crippen molar-refractivity contribution in [3.05, 3.63) is 41.2 Å². The molecular formula is C16H21F2N5. The van der Waals surface area contributed by atoms with Gasteiger partial charge in [0.05, 0.1) is 6.04 Å². The number of aryl methyl sites for hydroxylation is 1. The van der Waals surface area contributed by atoms with Crippen LogP contribution in [-0.4, -0.2) is 26.8 Å². The van der Waals surface area contributed by atoms with Crippen molar-refractivity contribution in [2.75, 3.05) is 6.54 Å². The molecule has 1 saturated carbocycles. The topological polar surface area (TPSA) is 55.6 Å². The summed E-state index contributed by atoms with van der Waals surface area (Å²) in [6.07, 6.45) is 3.52. The number of halogens is 2. The fourth-order valence-corrected chi connectivity index (χ4v) is 3.61. The van der Waals surface area contributed by atoms with Crippen LogP contribution in [0.2, 0.25) is 0 Å². The first-order valence-electron chi connectivity index (χ1n) is 7.94. The van der Waals surface area contributed by atoms with Crippen molar-refractivity contribution in [1.82, 2.24) is 25.5 Å². The molecule has 0 spiro atoms. The Morgan fingerprint density at radius 2 is 1.91 bits per heavy atom. The molecular weight excluding hydrogens is 300 g/mol. The first-order chi connectivity index (χ1) is 11.0. The van der Waals surface area contributed by atoms with Crippen LogP contribution in [0.25, 0.3) is 0 Å². The lowest BCUT2D eigenvalue weighted by Crippen LogP contribution is -2.39. The lowest BCUT2D eigenvalue weighted by molar-refractivity contribution is 0.347. The average molecular weight is 321 g/mol. The normalized spacial score (nSPS) is 18.3. The Labute approximate surface area is 134 Å². The molecule has 0 saturated heterocycles. The summed E-state index contributed by atoms with van der Waals surface area (Å²) in [5.41, 5.74) is -0.288. The quantitative estimate of drug-likeness (QED) is 0.920. The first-order valence-corrected chi connectivity index (χ1v) is 7.94. The molecule has 1 N–H and O–H groups in total. The highest BCUT2D eigenvalue weighted by atomic mass is 19.1. The van der Waals surface area contributed by atoms with Crippen molar-refractivity contribution in [3.63, 3.8) is 0 Å². The van der Waals surface area contributed by atoms with Gasteiger partial charge in [0.1, 0.15) is 11.6 Å². The molecule has 124 valence electrons. The Hall–Kier alpha value is -1.89. The third-order valence-electron chi connectivity index (χ3n) is 4.84. The summed E-state index contributed by atoms with van der Waals surface area (Å²) in [7, 11) is 1.77. The van der Waals surface area contributed by atoms with Gasteiger partial charge in [-0.05, 0) is 42.3 Å². The van der Waals surface area contributed by atoms with Crippen LogP contribution in [0.3, 0.4) is 0 Å². The number of benzene rings is 1. The summed E-state index contributed by atoms with van der Waals surface area (Å²) in [6.45, 7) is 2.45. The van der Waals surface area contributed by atoms with Gasteiger partial charge in [0, 0.05) is 24.6 Å². The minimum Gasteiger partial charge on any atom is -0.307 e. The van der Waals surface area contributed by atoms with E-state index in [9.17, 15) is 8.78 Å². The minimum atomic E-state index is -0.504. The van der Waals surface area contributed by atoms with Gasteiger partial charge < -0.3 is 5.32 Å². The van der Waals surface area contributed by atoms with Gasteiger partial charge in [0.15, 0.2) is 5.82 Å². The summed E-state index contributed by atoms with van der Waals surface area (Å²) in [6, 6.07) is 4.00. The van der Waals surface area contributed by atoms with E-state index in [0.717, 1.165) is 25.7 Å². The largest absolute Gasteiger partial charge is 0.307 e. The van der Waals surface area contributed by atoms with Crippen LogP contribution in [0.15, 0.2) is 18.2 Å². The molecule has 5 nitrogen and oxygen atoms in total. The fourth-order valence-electron chi connectivity index (χ4n) is 3.61. The summed E-state index contributed by atoms with van der Waals surface area (Å²) < 4.78 is 30.2. The molecule has 1 aliphatic rings. The second-order valence-electron chi connectivity index (χ2n) is 6.35. The van der Waals surface area contributed by atoms with E-state index in [1.807, 2.05) is 6.92 Å². The highest BCUT2D eigenvalue weighted by Gasteiger charge is 2.40. The Morgan fingerprint density at radius 1 is 1.26 bits per heavy atom. The van der Waals surface area contributed by atoms with Crippen LogP contribution in [0.4, 0.5) is 8.78 Å². The van der Waals surface area contributed by atoms with Gasteiger partial charge in [-0.1, -0.05) is 18.9 Å². The van der Waals surface area contributed by atoms with Crippen molar-refractivity contribution in [1.29, 1.82) is 0 Å². The number of hydrogen-bond donors (Lipinski definition) is 1. The molecule has 1 atom stereocenters. The van der Waals surface area contributed by atoms with Gasteiger partial charge in [0.25, 0.3) is 0 Å². The van der Waals surface area contributed by atoms with Crippen LogP contribution < -0.4 is 5.32 Å². The summed E-state index contributed by atoms with van der Waals surface area (Å²) in [5.74, 6) is -0.212. The molecule has 7 heteroatoms. The van der Waals surface area contributed by atoms with Crippen LogP contribution in [0.5, 0.6) is 0 Å². The van der Waals surface area contributed by atoms with Gasteiger partial charge in [-0.3, -0.25) is 0 Å². The highest BCUT2D eigenvalue weighted by Crippen LogP contribution is 2.43. The molecule has 0 aliphatic heterocycles. The number of hydrogen-bond acceptors (Lipinski definition) is 4. The SMILES string of the molecule is CC(NCC1(c2c(F)cccc2F)CCCC1)c1nnnn1C. The third-order valence-corrected chi connectivity index (χ3v) is 4.84. The number of tetrazole rings is 1. The molecule has 1 unspecified atom stereocenters. The molecule has 3 rings (SSSR count). The molecule has 1 aliphatic carbocycles. The summed E-state index contributed by atoms with van der Waals surface area (Å²) >= 11 is 0. The predicted octanol–water partition coefficient (Wildman–Crippen LogP) is 2.65. The molecule has 1 heterocycles. The van der Waals surface area contributed by atoms with Gasteiger partial charge >= 0.3 is 0 Å². The fraction of sp³-hybridized carbons (Fsp3) is 0.562. The van der Waals surface area contributed by atoms with E-state index in [2.05, 4.69) is 20.8 Å². The molecule has 1 aromatic carbocycles. The van der Waals surface area contributed by atoms with E-state index in [-0.39, 0.29) is 11.6 Å². The number of nitrogens with zero attached hydrogens (tertiary/aromatic N) is 4. The number of rotatable bonds is 5. The standard InChI is InChI=1S/C16H21F2N5/c1-11(15-20-21-22-23(15)2)19-10-16(8-3-4-9-16)14-12(17)6-5-7-13(14)18/h5-7,11,19H,3-4,8-10H2,1-2H3. The maximum atomic E-state index is 14.3. The molecule has 1 fully saturated rings. The van der Waals surface area contributed by atoms with E-state index >= 15 is 0 Å². The van der Waals surface area contributed by atoms with Crippen LogP contribution in [0.1, 0.15) is 50.0 Å². The van der Waals surface area contributed by atoms with Crippen LogP contribution >= 0.6 is 0 Å². The average Bonchev–Trinajstić information content (AvgIpc) is 3.15.